The molecular formula is C20H31FN2O3. The number of likely N-dealkylation sites (tertiary alicyclic amines) is 1. The van der Waals surface area contributed by atoms with E-state index < -0.39 is 0 Å². The number of morpholine rings is 1. The van der Waals surface area contributed by atoms with Crippen molar-refractivity contribution in [1.29, 1.82) is 0 Å². The number of methoxy groups -OCH3 is 1. The quantitative estimate of drug-likeness (QED) is 0.834. The van der Waals surface area contributed by atoms with E-state index in [2.05, 4.69) is 23.6 Å². The number of halogens is 1. The molecular weight excluding hydrogens is 335 g/mol. The molecule has 0 radical (unpaired) electrons. The standard InChI is InChI=1S/C20H31FN2O3/c1-14-7-22(8-15(2)26-14)10-17-11-23(12-18(17)13-24)9-16-4-5-19(21)20(6-16)25-3/h4-6,14-15,17-18,24H,7-13H2,1-3H3/t14-,15+,17-,18-/m1/s1. The first-order valence-corrected chi connectivity index (χ1v) is 9.52. The Balaban J connectivity index is 1.60. The smallest absolute Gasteiger partial charge is 0.165 e. The van der Waals surface area contributed by atoms with Crippen LogP contribution >= 0.6 is 0 Å². The summed E-state index contributed by atoms with van der Waals surface area (Å²) in [6.45, 7) is 9.92. The summed E-state index contributed by atoms with van der Waals surface area (Å²) >= 11 is 0. The molecule has 1 N–H and O–H groups in total. The summed E-state index contributed by atoms with van der Waals surface area (Å²) in [6, 6.07) is 5.04. The lowest BCUT2D eigenvalue weighted by atomic mass is 9.96. The third-order valence-corrected chi connectivity index (χ3v) is 5.50. The first kappa shape index (κ1) is 19.5. The molecule has 146 valence electrons. The van der Waals surface area contributed by atoms with Crippen molar-refractivity contribution < 1.29 is 19.0 Å². The molecule has 0 spiro atoms. The van der Waals surface area contributed by atoms with Crippen LogP contribution in [0.15, 0.2) is 18.2 Å². The molecule has 2 aliphatic rings. The summed E-state index contributed by atoms with van der Waals surface area (Å²) in [7, 11) is 1.49. The lowest BCUT2D eigenvalue weighted by Gasteiger charge is -2.37. The molecule has 0 bridgehead atoms. The zero-order valence-corrected chi connectivity index (χ0v) is 16.0. The lowest BCUT2D eigenvalue weighted by Crippen LogP contribution is -2.48. The second-order valence-electron chi connectivity index (χ2n) is 7.84. The highest BCUT2D eigenvalue weighted by atomic mass is 19.1. The molecule has 3 rings (SSSR count). The van der Waals surface area contributed by atoms with Crippen LogP contribution in [0.1, 0.15) is 19.4 Å². The first-order valence-electron chi connectivity index (χ1n) is 9.52. The van der Waals surface area contributed by atoms with E-state index in [9.17, 15) is 9.50 Å². The predicted molar refractivity (Wildman–Crippen MR) is 98.7 cm³/mol. The van der Waals surface area contributed by atoms with Gasteiger partial charge in [0.25, 0.3) is 0 Å². The second-order valence-corrected chi connectivity index (χ2v) is 7.84. The van der Waals surface area contributed by atoms with E-state index in [1.54, 1.807) is 6.07 Å². The van der Waals surface area contributed by atoms with Crippen molar-refractivity contribution in [1.82, 2.24) is 9.80 Å². The molecule has 2 fully saturated rings. The highest BCUT2D eigenvalue weighted by Crippen LogP contribution is 2.28. The van der Waals surface area contributed by atoms with Gasteiger partial charge in [-0.2, -0.15) is 0 Å². The molecule has 0 saturated carbocycles. The number of hydrogen-bond donors (Lipinski definition) is 1. The fraction of sp³-hybridized carbons (Fsp3) is 0.700. The van der Waals surface area contributed by atoms with Crippen LogP contribution in [-0.4, -0.2) is 73.6 Å². The second kappa shape index (κ2) is 8.65. The minimum atomic E-state index is -0.334. The molecule has 2 aliphatic heterocycles. The van der Waals surface area contributed by atoms with E-state index in [-0.39, 0.29) is 36.3 Å². The Kier molecular flexibility index (Phi) is 6.51. The molecule has 1 aromatic rings. The van der Waals surface area contributed by atoms with Gasteiger partial charge in [-0.25, -0.2) is 4.39 Å². The molecule has 2 saturated heterocycles. The monoisotopic (exact) mass is 366 g/mol. The summed E-state index contributed by atoms with van der Waals surface area (Å²) in [5.41, 5.74) is 1.04. The Labute approximate surface area is 155 Å². The Morgan fingerprint density at radius 1 is 1.12 bits per heavy atom. The van der Waals surface area contributed by atoms with E-state index in [0.717, 1.165) is 44.8 Å². The summed E-state index contributed by atoms with van der Waals surface area (Å²) in [6.07, 6.45) is 0.519. The van der Waals surface area contributed by atoms with Crippen molar-refractivity contribution in [3.05, 3.63) is 29.6 Å². The van der Waals surface area contributed by atoms with Crippen LogP contribution < -0.4 is 4.74 Å². The number of benzene rings is 1. The van der Waals surface area contributed by atoms with E-state index in [1.165, 1.54) is 13.2 Å². The third-order valence-electron chi connectivity index (χ3n) is 5.50. The summed E-state index contributed by atoms with van der Waals surface area (Å²) in [5, 5.41) is 9.83. The fourth-order valence-electron chi connectivity index (χ4n) is 4.40. The summed E-state index contributed by atoms with van der Waals surface area (Å²) < 4.78 is 24.5. The van der Waals surface area contributed by atoms with Gasteiger partial charge in [0.2, 0.25) is 0 Å². The SMILES string of the molecule is COc1cc(CN2C[C@H](CO)[C@H](CN3C[C@@H](C)O[C@@H](C)C3)C2)ccc1F. The Morgan fingerprint density at radius 2 is 1.81 bits per heavy atom. The molecule has 0 aliphatic carbocycles. The average molecular weight is 366 g/mol. The molecule has 0 aromatic heterocycles. The van der Waals surface area contributed by atoms with Gasteiger partial charge in [-0.15, -0.1) is 0 Å². The van der Waals surface area contributed by atoms with Gasteiger partial charge < -0.3 is 14.6 Å². The van der Waals surface area contributed by atoms with Crippen molar-refractivity contribution >= 4 is 0 Å². The molecule has 26 heavy (non-hydrogen) atoms. The van der Waals surface area contributed by atoms with Crippen LogP contribution in [0, 0.1) is 17.7 Å². The van der Waals surface area contributed by atoms with Gasteiger partial charge in [0.15, 0.2) is 11.6 Å². The summed E-state index contributed by atoms with van der Waals surface area (Å²) in [5.74, 6) is 0.679. The topological polar surface area (TPSA) is 45.2 Å². The molecule has 6 heteroatoms. The van der Waals surface area contributed by atoms with Gasteiger partial charge in [0, 0.05) is 45.9 Å². The van der Waals surface area contributed by atoms with E-state index in [1.807, 2.05) is 6.07 Å². The zero-order valence-electron chi connectivity index (χ0n) is 16.0. The van der Waals surface area contributed by atoms with Gasteiger partial charge in [0.1, 0.15) is 0 Å². The van der Waals surface area contributed by atoms with E-state index in [4.69, 9.17) is 9.47 Å². The highest BCUT2D eigenvalue weighted by Gasteiger charge is 2.35. The third kappa shape index (κ3) is 4.74. The lowest BCUT2D eigenvalue weighted by molar-refractivity contribution is -0.0727. The number of aliphatic hydroxyl groups is 1. The van der Waals surface area contributed by atoms with Crippen LogP contribution in [0.2, 0.25) is 0 Å². The number of rotatable bonds is 6. The normalized spacial score (nSPS) is 30.7. The number of aliphatic hydroxyl groups excluding tert-OH is 1. The van der Waals surface area contributed by atoms with Crippen molar-refractivity contribution in [3.8, 4) is 5.75 Å². The van der Waals surface area contributed by atoms with Crippen LogP contribution in [0.4, 0.5) is 4.39 Å². The maximum Gasteiger partial charge on any atom is 0.165 e. The van der Waals surface area contributed by atoms with Gasteiger partial charge in [-0.05, 0) is 43.4 Å². The molecule has 0 amide bonds. The van der Waals surface area contributed by atoms with Crippen LogP contribution in [-0.2, 0) is 11.3 Å². The van der Waals surface area contributed by atoms with Crippen LogP contribution in [0.25, 0.3) is 0 Å². The first-order chi connectivity index (χ1) is 12.5. The molecule has 2 heterocycles. The Hall–Kier alpha value is -1.21. The highest BCUT2D eigenvalue weighted by molar-refractivity contribution is 5.30. The fourth-order valence-corrected chi connectivity index (χ4v) is 4.40. The van der Waals surface area contributed by atoms with E-state index >= 15 is 0 Å². The zero-order chi connectivity index (χ0) is 18.7. The van der Waals surface area contributed by atoms with Gasteiger partial charge in [-0.3, -0.25) is 9.80 Å². The number of ether oxygens (including phenoxy) is 2. The van der Waals surface area contributed by atoms with Gasteiger partial charge in [-0.1, -0.05) is 6.07 Å². The van der Waals surface area contributed by atoms with E-state index in [0.29, 0.717) is 5.92 Å². The van der Waals surface area contributed by atoms with Gasteiger partial charge in [0.05, 0.1) is 19.3 Å². The largest absolute Gasteiger partial charge is 0.494 e. The van der Waals surface area contributed by atoms with Crippen LogP contribution in [0.5, 0.6) is 5.75 Å². The maximum absolute atomic E-state index is 13.6. The number of nitrogens with zero attached hydrogens (tertiary/aromatic N) is 2. The molecule has 1 aromatic carbocycles. The average Bonchev–Trinajstić information content (AvgIpc) is 2.97. The molecule has 0 unspecified atom stereocenters. The Bertz CT molecular complexity index is 590. The maximum atomic E-state index is 13.6. The Morgan fingerprint density at radius 3 is 2.46 bits per heavy atom. The van der Waals surface area contributed by atoms with Crippen molar-refractivity contribution in [2.75, 3.05) is 46.4 Å². The molecule has 5 nitrogen and oxygen atoms in total. The minimum absolute atomic E-state index is 0.212. The number of hydrogen-bond acceptors (Lipinski definition) is 5. The summed E-state index contributed by atoms with van der Waals surface area (Å²) in [4.78, 5) is 4.82. The van der Waals surface area contributed by atoms with Crippen LogP contribution in [0.3, 0.4) is 0 Å². The van der Waals surface area contributed by atoms with Crippen molar-refractivity contribution in [2.24, 2.45) is 11.8 Å². The predicted octanol–water partition coefficient (Wildman–Crippen LogP) is 1.98. The van der Waals surface area contributed by atoms with Crippen molar-refractivity contribution in [3.63, 3.8) is 0 Å². The van der Waals surface area contributed by atoms with Crippen molar-refractivity contribution in [2.45, 2.75) is 32.6 Å². The molecule has 4 atom stereocenters. The van der Waals surface area contributed by atoms with Gasteiger partial charge >= 0.3 is 0 Å². The minimum Gasteiger partial charge on any atom is -0.494 e.